The van der Waals surface area contributed by atoms with Crippen LogP contribution in [0, 0.1) is 5.41 Å². The molecule has 1 atom stereocenters. The van der Waals surface area contributed by atoms with Crippen molar-refractivity contribution in [3.8, 4) is 0 Å². The lowest BCUT2D eigenvalue weighted by Gasteiger charge is -2.41. The Hall–Kier alpha value is -0.130. The van der Waals surface area contributed by atoms with Crippen molar-refractivity contribution < 1.29 is 13.5 Å². The van der Waals surface area contributed by atoms with E-state index in [0.717, 1.165) is 12.8 Å². The first kappa shape index (κ1) is 13.9. The van der Waals surface area contributed by atoms with Crippen LogP contribution in [0.3, 0.4) is 0 Å². The predicted octanol–water partition coefficient (Wildman–Crippen LogP) is 1.21. The highest BCUT2D eigenvalue weighted by molar-refractivity contribution is 7.89. The van der Waals surface area contributed by atoms with Gasteiger partial charge in [0, 0.05) is 19.2 Å². The molecule has 1 unspecified atom stereocenters. The molecule has 0 aromatic carbocycles. The first-order valence-corrected chi connectivity index (χ1v) is 7.50. The number of hydrogen-bond donors (Lipinski definition) is 1. The second kappa shape index (κ2) is 5.02. The Bertz CT molecular complexity index is 319. The molecule has 1 fully saturated rings. The zero-order valence-corrected chi connectivity index (χ0v) is 11.3. The standard InChI is InChI=1S/C11H23NO3S/c1-11(2,3)10(6-8-13)12-7-4-5-9-16(12,14)15/h10,13H,4-9H2,1-3H3. The van der Waals surface area contributed by atoms with Crippen LogP contribution in [0.4, 0.5) is 0 Å². The summed E-state index contributed by atoms with van der Waals surface area (Å²) in [6.07, 6.45) is 2.20. The molecule has 0 amide bonds. The van der Waals surface area contributed by atoms with E-state index in [4.69, 9.17) is 5.11 Å². The van der Waals surface area contributed by atoms with Crippen LogP contribution in [0.2, 0.25) is 0 Å². The Morgan fingerprint density at radius 3 is 2.38 bits per heavy atom. The number of nitrogens with zero attached hydrogens (tertiary/aromatic N) is 1. The predicted molar refractivity (Wildman–Crippen MR) is 64.7 cm³/mol. The van der Waals surface area contributed by atoms with E-state index >= 15 is 0 Å². The van der Waals surface area contributed by atoms with Gasteiger partial charge in [0.1, 0.15) is 0 Å². The highest BCUT2D eigenvalue weighted by atomic mass is 32.2. The van der Waals surface area contributed by atoms with Gasteiger partial charge in [0.15, 0.2) is 0 Å². The van der Waals surface area contributed by atoms with Gasteiger partial charge < -0.3 is 5.11 Å². The van der Waals surface area contributed by atoms with Crippen LogP contribution in [0.1, 0.15) is 40.0 Å². The molecule has 1 aliphatic heterocycles. The van der Waals surface area contributed by atoms with E-state index in [2.05, 4.69) is 0 Å². The fourth-order valence-corrected chi connectivity index (χ4v) is 4.31. The van der Waals surface area contributed by atoms with Gasteiger partial charge in [-0.3, -0.25) is 0 Å². The number of aliphatic hydroxyl groups excluding tert-OH is 1. The molecule has 16 heavy (non-hydrogen) atoms. The quantitative estimate of drug-likeness (QED) is 0.818. The van der Waals surface area contributed by atoms with Crippen molar-refractivity contribution in [3.63, 3.8) is 0 Å². The van der Waals surface area contributed by atoms with Crippen molar-refractivity contribution in [3.05, 3.63) is 0 Å². The second-order valence-electron chi connectivity index (χ2n) is 5.53. The fourth-order valence-electron chi connectivity index (χ4n) is 2.29. The van der Waals surface area contributed by atoms with Crippen molar-refractivity contribution >= 4 is 10.0 Å². The molecule has 1 N–H and O–H groups in total. The van der Waals surface area contributed by atoms with E-state index in [1.165, 1.54) is 0 Å². The third kappa shape index (κ3) is 3.18. The smallest absolute Gasteiger partial charge is 0.214 e. The summed E-state index contributed by atoms with van der Waals surface area (Å²) in [7, 11) is -3.11. The maximum absolute atomic E-state index is 12.0. The molecule has 0 aromatic heterocycles. The van der Waals surface area contributed by atoms with Crippen LogP contribution in [0.15, 0.2) is 0 Å². The lowest BCUT2D eigenvalue weighted by molar-refractivity contribution is 0.132. The number of aliphatic hydroxyl groups is 1. The molecule has 0 radical (unpaired) electrons. The van der Waals surface area contributed by atoms with E-state index in [-0.39, 0.29) is 23.8 Å². The van der Waals surface area contributed by atoms with Crippen molar-refractivity contribution in [2.75, 3.05) is 18.9 Å². The third-order valence-corrected chi connectivity index (χ3v) is 5.09. The molecule has 5 heteroatoms. The number of hydrogen-bond acceptors (Lipinski definition) is 3. The Balaban J connectivity index is 2.93. The highest BCUT2D eigenvalue weighted by Crippen LogP contribution is 2.31. The molecule has 1 aliphatic rings. The zero-order valence-electron chi connectivity index (χ0n) is 10.4. The number of sulfonamides is 1. The minimum absolute atomic E-state index is 0.0357. The minimum Gasteiger partial charge on any atom is -0.396 e. The van der Waals surface area contributed by atoms with Gasteiger partial charge >= 0.3 is 0 Å². The molecule has 0 saturated carbocycles. The normalized spacial score (nSPS) is 24.2. The average molecular weight is 249 g/mol. The van der Waals surface area contributed by atoms with E-state index in [0.29, 0.717) is 13.0 Å². The van der Waals surface area contributed by atoms with E-state index in [9.17, 15) is 8.42 Å². The summed E-state index contributed by atoms with van der Waals surface area (Å²) in [4.78, 5) is 0. The lowest BCUT2D eigenvalue weighted by Crippen LogP contribution is -2.50. The second-order valence-corrected chi connectivity index (χ2v) is 7.57. The van der Waals surface area contributed by atoms with Crippen molar-refractivity contribution in [2.24, 2.45) is 5.41 Å². The molecular weight excluding hydrogens is 226 g/mol. The van der Waals surface area contributed by atoms with E-state index < -0.39 is 10.0 Å². The van der Waals surface area contributed by atoms with Gasteiger partial charge in [-0.05, 0) is 24.7 Å². The molecule has 96 valence electrons. The van der Waals surface area contributed by atoms with E-state index in [1.54, 1.807) is 4.31 Å². The first-order valence-electron chi connectivity index (χ1n) is 5.89. The summed E-state index contributed by atoms with van der Waals surface area (Å²) in [6.45, 7) is 6.71. The van der Waals surface area contributed by atoms with Gasteiger partial charge in [0.2, 0.25) is 10.0 Å². The Morgan fingerprint density at radius 1 is 1.31 bits per heavy atom. The van der Waals surface area contributed by atoms with Crippen LogP contribution >= 0.6 is 0 Å². The lowest BCUT2D eigenvalue weighted by atomic mass is 9.85. The Morgan fingerprint density at radius 2 is 1.94 bits per heavy atom. The van der Waals surface area contributed by atoms with Crippen molar-refractivity contribution in [1.82, 2.24) is 4.31 Å². The molecule has 0 aromatic rings. The van der Waals surface area contributed by atoms with E-state index in [1.807, 2.05) is 20.8 Å². The van der Waals surface area contributed by atoms with Gasteiger partial charge in [-0.2, -0.15) is 4.31 Å². The van der Waals surface area contributed by atoms with Gasteiger partial charge in [0.25, 0.3) is 0 Å². The SMILES string of the molecule is CC(C)(C)C(CCO)N1CCCCS1(=O)=O. The van der Waals surface area contributed by atoms with Gasteiger partial charge in [-0.25, -0.2) is 8.42 Å². The Labute approximate surface area is 98.7 Å². The van der Waals surface area contributed by atoms with Crippen LogP contribution in [0.5, 0.6) is 0 Å². The molecule has 1 rings (SSSR count). The maximum Gasteiger partial charge on any atom is 0.214 e. The fraction of sp³-hybridized carbons (Fsp3) is 1.00. The summed E-state index contributed by atoms with van der Waals surface area (Å²) in [5, 5.41) is 9.08. The summed E-state index contributed by atoms with van der Waals surface area (Å²) in [5.74, 6) is 0.255. The van der Waals surface area contributed by atoms with Crippen LogP contribution in [-0.4, -0.2) is 42.8 Å². The van der Waals surface area contributed by atoms with Crippen LogP contribution < -0.4 is 0 Å². The molecule has 1 heterocycles. The number of rotatable bonds is 3. The largest absolute Gasteiger partial charge is 0.396 e. The van der Waals surface area contributed by atoms with Gasteiger partial charge in [0.05, 0.1) is 5.75 Å². The van der Waals surface area contributed by atoms with Crippen LogP contribution in [0.25, 0.3) is 0 Å². The molecule has 1 saturated heterocycles. The first-order chi connectivity index (χ1) is 7.29. The average Bonchev–Trinajstić information content (AvgIpc) is 2.13. The summed E-state index contributed by atoms with van der Waals surface area (Å²) < 4.78 is 25.6. The zero-order chi connectivity index (χ0) is 12.4. The molecule has 0 bridgehead atoms. The van der Waals surface area contributed by atoms with Gasteiger partial charge in [-0.1, -0.05) is 20.8 Å². The highest BCUT2D eigenvalue weighted by Gasteiger charge is 2.38. The Kier molecular flexibility index (Phi) is 4.37. The topological polar surface area (TPSA) is 57.6 Å². The van der Waals surface area contributed by atoms with Crippen molar-refractivity contribution in [2.45, 2.75) is 46.1 Å². The maximum atomic E-state index is 12.0. The molecule has 0 aliphatic carbocycles. The minimum atomic E-state index is -3.11. The molecular formula is C11H23NO3S. The third-order valence-electron chi connectivity index (χ3n) is 3.14. The summed E-state index contributed by atoms with van der Waals surface area (Å²) in [5.41, 5.74) is -0.132. The molecule has 4 nitrogen and oxygen atoms in total. The molecule has 0 spiro atoms. The monoisotopic (exact) mass is 249 g/mol. The van der Waals surface area contributed by atoms with Crippen molar-refractivity contribution in [1.29, 1.82) is 0 Å². The summed E-state index contributed by atoms with van der Waals surface area (Å²) >= 11 is 0. The van der Waals surface area contributed by atoms with Gasteiger partial charge in [-0.15, -0.1) is 0 Å². The van der Waals surface area contributed by atoms with Crippen LogP contribution in [-0.2, 0) is 10.0 Å². The summed E-state index contributed by atoms with van der Waals surface area (Å²) in [6, 6.07) is -0.0946.